The number of nitrogens with zero attached hydrogens (tertiary/aromatic N) is 1. The quantitative estimate of drug-likeness (QED) is 0.263. The molecule has 0 saturated carbocycles. The zero-order valence-electron chi connectivity index (χ0n) is 20.3. The molecule has 2 atom stereocenters. The van der Waals surface area contributed by atoms with Crippen molar-refractivity contribution in [1.29, 1.82) is 0 Å². The predicted octanol–water partition coefficient (Wildman–Crippen LogP) is 7.98. The molecule has 186 valence electrons. The van der Waals surface area contributed by atoms with Crippen molar-refractivity contribution >= 4 is 5.69 Å². The molecule has 0 radical (unpaired) electrons. The number of hydrogen-bond donors (Lipinski definition) is 2. The van der Waals surface area contributed by atoms with Crippen LogP contribution in [0, 0.1) is 5.92 Å². The molecule has 0 fully saturated rings. The summed E-state index contributed by atoms with van der Waals surface area (Å²) in [5.41, 5.74) is 2.18. The van der Waals surface area contributed by atoms with E-state index in [2.05, 4.69) is 36.3 Å². The van der Waals surface area contributed by atoms with E-state index in [9.17, 15) is 13.2 Å². The molecule has 34 heavy (non-hydrogen) atoms. The normalized spacial score (nSPS) is 13.7. The highest BCUT2D eigenvalue weighted by atomic mass is 19.4. The lowest BCUT2D eigenvalue weighted by atomic mass is 9.86. The Balaban J connectivity index is 1.55. The second-order valence-corrected chi connectivity index (χ2v) is 9.19. The number of aryl methyl sites for hydroxylation is 1. The number of halogens is 3. The highest BCUT2D eigenvalue weighted by Crippen LogP contribution is 2.34. The molecule has 7 heteroatoms. The van der Waals surface area contributed by atoms with Crippen molar-refractivity contribution in [3.05, 3.63) is 70.9 Å². The van der Waals surface area contributed by atoms with Crippen molar-refractivity contribution in [2.75, 3.05) is 11.9 Å². The van der Waals surface area contributed by atoms with Gasteiger partial charge in [-0.3, -0.25) is 5.10 Å². The highest BCUT2D eigenvalue weighted by molar-refractivity contribution is 5.47. The topological polar surface area (TPSA) is 53.9 Å². The molecule has 0 aliphatic heterocycles. The standard InChI is InChI=1S/C27H36F3N3O/c1-4-6-8-20(21-9-7-10-22(15-21)27(28,29)30)12-11-19(3)17-31-26-18-32-33-25(26)16-24-14-13-23(5-2)34-24/h7,9-10,13-15,18-20,31H,4-6,8,11-12,16-17H2,1-3H3,(H,32,33). The summed E-state index contributed by atoms with van der Waals surface area (Å²) in [7, 11) is 0. The van der Waals surface area contributed by atoms with E-state index in [0.29, 0.717) is 12.3 Å². The molecule has 0 aliphatic carbocycles. The fourth-order valence-electron chi connectivity index (χ4n) is 4.25. The molecule has 0 aliphatic rings. The van der Waals surface area contributed by atoms with Crippen LogP contribution in [0.15, 0.2) is 47.0 Å². The number of aromatic amines is 1. The summed E-state index contributed by atoms with van der Waals surface area (Å²) >= 11 is 0. The Bertz CT molecular complexity index is 1010. The predicted molar refractivity (Wildman–Crippen MR) is 130 cm³/mol. The average Bonchev–Trinajstić information content (AvgIpc) is 3.46. The van der Waals surface area contributed by atoms with Crippen LogP contribution in [-0.4, -0.2) is 16.7 Å². The van der Waals surface area contributed by atoms with Crippen molar-refractivity contribution in [1.82, 2.24) is 10.2 Å². The van der Waals surface area contributed by atoms with Crippen LogP contribution >= 0.6 is 0 Å². The molecule has 0 bridgehead atoms. The summed E-state index contributed by atoms with van der Waals surface area (Å²) in [6, 6.07) is 9.86. The minimum Gasteiger partial charge on any atom is -0.466 e. The minimum absolute atomic E-state index is 0.140. The van der Waals surface area contributed by atoms with E-state index in [1.165, 1.54) is 12.1 Å². The Morgan fingerprint density at radius 2 is 1.85 bits per heavy atom. The zero-order valence-corrected chi connectivity index (χ0v) is 20.3. The van der Waals surface area contributed by atoms with Gasteiger partial charge in [-0.15, -0.1) is 0 Å². The number of H-pyrrole nitrogens is 1. The van der Waals surface area contributed by atoms with Crippen LogP contribution in [0.2, 0.25) is 0 Å². The van der Waals surface area contributed by atoms with Crippen molar-refractivity contribution in [3.8, 4) is 0 Å². The zero-order chi connectivity index (χ0) is 24.6. The Kier molecular flexibility index (Phi) is 9.25. The van der Waals surface area contributed by atoms with Crippen LogP contribution in [0.1, 0.15) is 87.1 Å². The highest BCUT2D eigenvalue weighted by Gasteiger charge is 2.31. The first-order chi connectivity index (χ1) is 16.3. The van der Waals surface area contributed by atoms with Crippen LogP contribution in [-0.2, 0) is 19.0 Å². The maximum atomic E-state index is 13.2. The Hall–Kier alpha value is -2.70. The second kappa shape index (κ2) is 12.1. The second-order valence-electron chi connectivity index (χ2n) is 9.19. The van der Waals surface area contributed by atoms with E-state index in [1.807, 2.05) is 18.2 Å². The smallest absolute Gasteiger partial charge is 0.416 e. The van der Waals surface area contributed by atoms with Gasteiger partial charge in [0, 0.05) is 19.4 Å². The van der Waals surface area contributed by atoms with E-state index >= 15 is 0 Å². The summed E-state index contributed by atoms with van der Waals surface area (Å²) < 4.78 is 45.4. The van der Waals surface area contributed by atoms with Crippen LogP contribution in [0.25, 0.3) is 0 Å². The number of aromatic nitrogens is 2. The molecule has 2 unspecified atom stereocenters. The number of rotatable bonds is 13. The van der Waals surface area contributed by atoms with E-state index < -0.39 is 11.7 Å². The number of unbranched alkanes of at least 4 members (excludes halogenated alkanes) is 1. The molecular weight excluding hydrogens is 439 g/mol. The third kappa shape index (κ3) is 7.40. The minimum atomic E-state index is -4.31. The molecule has 2 aromatic heterocycles. The van der Waals surface area contributed by atoms with Gasteiger partial charge in [0.1, 0.15) is 11.5 Å². The number of furan rings is 1. The van der Waals surface area contributed by atoms with Gasteiger partial charge in [0.05, 0.1) is 23.1 Å². The molecule has 2 heterocycles. The number of benzene rings is 1. The lowest BCUT2D eigenvalue weighted by Gasteiger charge is -2.21. The number of nitrogens with one attached hydrogen (secondary N) is 2. The first-order valence-electron chi connectivity index (χ1n) is 12.3. The lowest BCUT2D eigenvalue weighted by Crippen LogP contribution is -2.14. The molecule has 0 amide bonds. The molecule has 1 aromatic carbocycles. The molecule has 0 spiro atoms. The fourth-order valence-corrected chi connectivity index (χ4v) is 4.25. The van der Waals surface area contributed by atoms with E-state index in [1.54, 1.807) is 6.20 Å². The van der Waals surface area contributed by atoms with Crippen molar-refractivity contribution < 1.29 is 17.6 Å². The van der Waals surface area contributed by atoms with Gasteiger partial charge in [-0.25, -0.2) is 0 Å². The first-order valence-corrected chi connectivity index (χ1v) is 12.3. The summed E-state index contributed by atoms with van der Waals surface area (Å²) in [5, 5.41) is 10.7. The van der Waals surface area contributed by atoms with Gasteiger partial charge >= 0.3 is 6.18 Å². The third-order valence-electron chi connectivity index (χ3n) is 6.38. The number of anilines is 1. The van der Waals surface area contributed by atoms with Gasteiger partial charge in [0.25, 0.3) is 0 Å². The Morgan fingerprint density at radius 3 is 2.56 bits per heavy atom. The molecule has 4 nitrogen and oxygen atoms in total. The molecular formula is C27H36F3N3O. The van der Waals surface area contributed by atoms with Gasteiger partial charge in [0.2, 0.25) is 0 Å². The summed E-state index contributed by atoms with van der Waals surface area (Å²) in [6.45, 7) is 7.13. The van der Waals surface area contributed by atoms with Gasteiger partial charge in [0.15, 0.2) is 0 Å². The average molecular weight is 476 g/mol. The van der Waals surface area contributed by atoms with Gasteiger partial charge in [-0.2, -0.15) is 18.3 Å². The number of hydrogen-bond acceptors (Lipinski definition) is 3. The van der Waals surface area contributed by atoms with Gasteiger partial charge in [-0.05, 0) is 54.9 Å². The molecule has 3 rings (SSSR count). The fraction of sp³-hybridized carbons (Fsp3) is 0.519. The maximum absolute atomic E-state index is 13.2. The van der Waals surface area contributed by atoms with E-state index in [-0.39, 0.29) is 5.92 Å². The molecule has 2 N–H and O–H groups in total. The van der Waals surface area contributed by atoms with Gasteiger partial charge in [-0.1, -0.05) is 51.8 Å². The van der Waals surface area contributed by atoms with Crippen LogP contribution in [0.4, 0.5) is 18.9 Å². The van der Waals surface area contributed by atoms with Crippen LogP contribution < -0.4 is 5.32 Å². The number of alkyl halides is 3. The van der Waals surface area contributed by atoms with Gasteiger partial charge < -0.3 is 9.73 Å². The van der Waals surface area contributed by atoms with Crippen LogP contribution in [0.3, 0.4) is 0 Å². The summed E-state index contributed by atoms with van der Waals surface area (Å²) in [6.07, 6.45) is 3.75. The SMILES string of the molecule is CCCCC(CCC(C)CNc1cn[nH]c1Cc1ccc(CC)o1)c1cccc(C(F)(F)F)c1. The van der Waals surface area contributed by atoms with Crippen molar-refractivity contribution in [2.24, 2.45) is 5.92 Å². The third-order valence-corrected chi connectivity index (χ3v) is 6.38. The van der Waals surface area contributed by atoms with E-state index in [4.69, 9.17) is 4.42 Å². The summed E-state index contributed by atoms with van der Waals surface area (Å²) in [4.78, 5) is 0. The van der Waals surface area contributed by atoms with Crippen LogP contribution in [0.5, 0.6) is 0 Å². The maximum Gasteiger partial charge on any atom is 0.416 e. The monoisotopic (exact) mass is 475 g/mol. The van der Waals surface area contributed by atoms with Crippen molar-refractivity contribution in [2.45, 2.75) is 77.8 Å². The Morgan fingerprint density at radius 1 is 1.06 bits per heavy atom. The van der Waals surface area contributed by atoms with E-state index in [0.717, 1.165) is 79.6 Å². The first kappa shape index (κ1) is 25.9. The lowest BCUT2D eigenvalue weighted by molar-refractivity contribution is -0.137. The van der Waals surface area contributed by atoms with Crippen molar-refractivity contribution in [3.63, 3.8) is 0 Å². The molecule has 3 aromatic rings. The molecule has 0 saturated heterocycles. The largest absolute Gasteiger partial charge is 0.466 e. The summed E-state index contributed by atoms with van der Waals surface area (Å²) in [5.74, 6) is 2.38. The Labute approximate surface area is 200 Å².